The average Bonchev–Trinajstić information content (AvgIpc) is 3.05. The van der Waals surface area contributed by atoms with Crippen LogP contribution in [-0.4, -0.2) is 52.9 Å². The second kappa shape index (κ2) is 6.41. The van der Waals surface area contributed by atoms with Gasteiger partial charge in [-0.15, -0.1) is 0 Å². The van der Waals surface area contributed by atoms with Gasteiger partial charge in [-0.1, -0.05) is 6.42 Å². The monoisotopic (exact) mass is 289 g/mol. The molecule has 21 heavy (non-hydrogen) atoms. The summed E-state index contributed by atoms with van der Waals surface area (Å²) in [6.07, 6.45) is 8.20. The molecule has 114 valence electrons. The van der Waals surface area contributed by atoms with Crippen LogP contribution in [0.15, 0.2) is 18.5 Å². The highest BCUT2D eigenvalue weighted by Gasteiger charge is 2.32. The molecule has 2 fully saturated rings. The third-order valence-corrected chi connectivity index (χ3v) is 4.56. The number of amides is 1. The van der Waals surface area contributed by atoms with Crippen LogP contribution in [0.1, 0.15) is 36.0 Å². The molecule has 0 radical (unpaired) electrons. The molecule has 1 unspecified atom stereocenters. The number of carbonyl (C=O) groups excluding carboxylic acids is 1. The highest BCUT2D eigenvalue weighted by atomic mass is 16.2. The van der Waals surface area contributed by atoms with Crippen molar-refractivity contribution in [1.82, 2.24) is 14.8 Å². The topological polar surface area (TPSA) is 74.5 Å². The zero-order chi connectivity index (χ0) is 14.7. The number of hydrogen-bond donors (Lipinski definition) is 2. The van der Waals surface area contributed by atoms with Crippen molar-refractivity contribution in [3.8, 4) is 0 Å². The van der Waals surface area contributed by atoms with E-state index in [0.717, 1.165) is 19.5 Å². The van der Waals surface area contributed by atoms with Gasteiger partial charge in [-0.3, -0.25) is 20.5 Å². The number of nitrogen functional groups attached to an aromatic ring is 1. The molecule has 0 aromatic carbocycles. The predicted octanol–water partition coefficient (Wildman–Crippen LogP) is 1.07. The van der Waals surface area contributed by atoms with Gasteiger partial charge in [0, 0.05) is 31.5 Å². The Kier molecular flexibility index (Phi) is 4.36. The Hall–Kier alpha value is -1.66. The minimum Gasteiger partial charge on any atom is -0.337 e. The highest BCUT2D eigenvalue weighted by Crippen LogP contribution is 2.23. The quantitative estimate of drug-likeness (QED) is 0.643. The summed E-state index contributed by atoms with van der Waals surface area (Å²) in [6.45, 7) is 3.99. The van der Waals surface area contributed by atoms with Gasteiger partial charge in [0.1, 0.15) is 0 Å². The first-order valence-electron chi connectivity index (χ1n) is 7.73. The van der Waals surface area contributed by atoms with Crippen molar-refractivity contribution in [1.29, 1.82) is 0 Å². The van der Waals surface area contributed by atoms with Gasteiger partial charge in [0.15, 0.2) is 0 Å². The summed E-state index contributed by atoms with van der Waals surface area (Å²) in [6, 6.07) is 2.24. The number of hydrazine groups is 1. The largest absolute Gasteiger partial charge is 0.337 e. The molecular formula is C15H23N5O. The van der Waals surface area contributed by atoms with Gasteiger partial charge in [0.2, 0.25) is 0 Å². The van der Waals surface area contributed by atoms with Crippen molar-refractivity contribution >= 4 is 11.6 Å². The van der Waals surface area contributed by atoms with Gasteiger partial charge in [-0.2, -0.15) is 0 Å². The number of rotatable bonds is 3. The second-order valence-corrected chi connectivity index (χ2v) is 5.86. The van der Waals surface area contributed by atoms with E-state index in [0.29, 0.717) is 17.3 Å². The minimum absolute atomic E-state index is 0.0237. The maximum Gasteiger partial charge on any atom is 0.257 e. The molecule has 1 atom stereocenters. The van der Waals surface area contributed by atoms with Crippen LogP contribution < -0.4 is 11.3 Å². The third kappa shape index (κ3) is 3.01. The summed E-state index contributed by atoms with van der Waals surface area (Å²) in [5, 5.41) is 0. The normalized spacial score (nSPS) is 23.3. The van der Waals surface area contributed by atoms with Crippen molar-refractivity contribution in [2.24, 2.45) is 5.84 Å². The van der Waals surface area contributed by atoms with E-state index in [1.165, 1.54) is 32.4 Å². The maximum atomic E-state index is 12.6. The van der Waals surface area contributed by atoms with E-state index < -0.39 is 0 Å². The molecular weight excluding hydrogens is 266 g/mol. The number of nitrogens with zero attached hydrogens (tertiary/aromatic N) is 3. The zero-order valence-electron chi connectivity index (χ0n) is 12.3. The first kappa shape index (κ1) is 14.3. The molecule has 0 aliphatic carbocycles. The molecule has 2 saturated heterocycles. The molecule has 1 aromatic heterocycles. The summed E-state index contributed by atoms with van der Waals surface area (Å²) < 4.78 is 0. The number of likely N-dealkylation sites (tertiary alicyclic amines) is 2. The fourth-order valence-electron chi connectivity index (χ4n) is 3.37. The van der Waals surface area contributed by atoms with E-state index >= 15 is 0 Å². The van der Waals surface area contributed by atoms with E-state index in [2.05, 4.69) is 15.3 Å². The molecule has 6 heteroatoms. The molecule has 0 saturated carbocycles. The molecule has 3 rings (SSSR count). The molecule has 6 nitrogen and oxygen atoms in total. The number of hydrogen-bond acceptors (Lipinski definition) is 5. The maximum absolute atomic E-state index is 12.6. The third-order valence-electron chi connectivity index (χ3n) is 4.56. The van der Waals surface area contributed by atoms with Crippen molar-refractivity contribution in [2.75, 3.05) is 31.6 Å². The van der Waals surface area contributed by atoms with E-state index in [-0.39, 0.29) is 5.91 Å². The van der Waals surface area contributed by atoms with Crippen LogP contribution in [-0.2, 0) is 0 Å². The van der Waals surface area contributed by atoms with Gasteiger partial charge in [0.25, 0.3) is 5.91 Å². The first-order chi connectivity index (χ1) is 10.3. The highest BCUT2D eigenvalue weighted by molar-refractivity contribution is 5.99. The SMILES string of the molecule is NNc1ccncc1C(=O)N1CCC(N2CCCCC2)C1. The van der Waals surface area contributed by atoms with Gasteiger partial charge in [-0.05, 0) is 38.4 Å². The van der Waals surface area contributed by atoms with Crippen LogP contribution in [0.4, 0.5) is 5.69 Å². The first-order valence-corrected chi connectivity index (χ1v) is 7.73. The molecule has 2 aliphatic rings. The minimum atomic E-state index is 0.0237. The van der Waals surface area contributed by atoms with Crippen LogP contribution in [0.2, 0.25) is 0 Å². The van der Waals surface area contributed by atoms with Gasteiger partial charge < -0.3 is 10.3 Å². The summed E-state index contributed by atoms with van der Waals surface area (Å²) in [5.41, 5.74) is 3.77. The van der Waals surface area contributed by atoms with Gasteiger partial charge in [-0.25, -0.2) is 0 Å². The summed E-state index contributed by atoms with van der Waals surface area (Å²) in [4.78, 5) is 21.1. The lowest BCUT2D eigenvalue weighted by atomic mass is 10.1. The number of piperidine rings is 1. The number of anilines is 1. The fraction of sp³-hybridized carbons (Fsp3) is 0.600. The number of nitrogens with two attached hydrogens (primary N) is 1. The molecule has 3 N–H and O–H groups in total. The summed E-state index contributed by atoms with van der Waals surface area (Å²) >= 11 is 0. The van der Waals surface area contributed by atoms with Crippen LogP contribution in [0.25, 0.3) is 0 Å². The Morgan fingerprint density at radius 3 is 2.86 bits per heavy atom. The van der Waals surface area contributed by atoms with Crippen LogP contribution in [0, 0.1) is 0 Å². The Balaban J connectivity index is 1.66. The molecule has 0 bridgehead atoms. The molecule has 0 spiro atoms. The van der Waals surface area contributed by atoms with E-state index in [9.17, 15) is 4.79 Å². The number of nitrogens with one attached hydrogen (secondary N) is 1. The van der Waals surface area contributed by atoms with Gasteiger partial charge in [0.05, 0.1) is 11.3 Å². The Labute approximate surface area is 125 Å². The number of aromatic nitrogens is 1. The average molecular weight is 289 g/mol. The predicted molar refractivity (Wildman–Crippen MR) is 81.8 cm³/mol. The van der Waals surface area contributed by atoms with Crippen molar-refractivity contribution < 1.29 is 4.79 Å². The molecule has 2 aliphatic heterocycles. The second-order valence-electron chi connectivity index (χ2n) is 5.86. The van der Waals surface area contributed by atoms with Crippen LogP contribution in [0.3, 0.4) is 0 Å². The lowest BCUT2D eigenvalue weighted by molar-refractivity contribution is 0.0772. The van der Waals surface area contributed by atoms with E-state index in [4.69, 9.17) is 5.84 Å². The fourth-order valence-corrected chi connectivity index (χ4v) is 3.37. The van der Waals surface area contributed by atoms with Crippen LogP contribution >= 0.6 is 0 Å². The Bertz CT molecular complexity index is 501. The lowest BCUT2D eigenvalue weighted by Gasteiger charge is -2.32. The van der Waals surface area contributed by atoms with Crippen molar-refractivity contribution in [2.45, 2.75) is 31.7 Å². The van der Waals surface area contributed by atoms with Crippen LogP contribution in [0.5, 0.6) is 0 Å². The molecule has 3 heterocycles. The number of carbonyl (C=O) groups is 1. The Morgan fingerprint density at radius 2 is 2.10 bits per heavy atom. The molecule has 1 aromatic rings. The standard InChI is InChI=1S/C15H23N5O/c16-18-14-4-6-17-10-13(14)15(21)20-9-5-12(11-20)19-7-2-1-3-8-19/h4,6,10,12H,1-3,5,7-9,11,16H2,(H,17,18). The van der Waals surface area contributed by atoms with E-state index in [1.807, 2.05) is 4.90 Å². The Morgan fingerprint density at radius 1 is 1.29 bits per heavy atom. The van der Waals surface area contributed by atoms with Crippen molar-refractivity contribution in [3.63, 3.8) is 0 Å². The molecule has 1 amide bonds. The van der Waals surface area contributed by atoms with E-state index in [1.54, 1.807) is 18.5 Å². The summed E-state index contributed by atoms with van der Waals surface area (Å²) in [5.74, 6) is 5.50. The van der Waals surface area contributed by atoms with Gasteiger partial charge >= 0.3 is 0 Å². The smallest absolute Gasteiger partial charge is 0.257 e. The number of pyridine rings is 1. The summed E-state index contributed by atoms with van der Waals surface area (Å²) in [7, 11) is 0. The van der Waals surface area contributed by atoms with Crippen molar-refractivity contribution in [3.05, 3.63) is 24.0 Å². The lowest BCUT2D eigenvalue weighted by Crippen LogP contribution is -2.41. The zero-order valence-corrected chi connectivity index (χ0v) is 12.3.